The van der Waals surface area contributed by atoms with Crippen molar-refractivity contribution >= 4 is 23.1 Å². The molecule has 0 aliphatic carbocycles. The van der Waals surface area contributed by atoms with Crippen molar-refractivity contribution in [3.8, 4) is 5.75 Å². The van der Waals surface area contributed by atoms with Crippen molar-refractivity contribution in [1.82, 2.24) is 20.4 Å². The molecule has 2 aromatic carbocycles. The quantitative estimate of drug-likeness (QED) is 0.490. The Morgan fingerprint density at radius 3 is 2.91 bits per heavy atom. The maximum absolute atomic E-state index is 13.6. The van der Waals surface area contributed by atoms with Gasteiger partial charge in [-0.2, -0.15) is 5.10 Å². The van der Waals surface area contributed by atoms with Crippen LogP contribution in [0.15, 0.2) is 48.7 Å². The lowest BCUT2D eigenvalue weighted by molar-refractivity contribution is 0.0985. The molecule has 1 fully saturated rings. The Bertz CT molecular complexity index is 1170. The molecule has 2 aliphatic heterocycles. The van der Waals surface area contributed by atoms with Crippen LogP contribution in [0.5, 0.6) is 5.75 Å². The normalized spacial score (nSPS) is 17.4. The van der Waals surface area contributed by atoms with E-state index in [1.165, 1.54) is 0 Å². The van der Waals surface area contributed by atoms with Gasteiger partial charge in [-0.3, -0.25) is 9.48 Å². The van der Waals surface area contributed by atoms with Gasteiger partial charge in [-0.15, -0.1) is 0 Å². The van der Waals surface area contributed by atoms with E-state index in [-0.39, 0.29) is 5.91 Å². The Labute approximate surface area is 200 Å². The second kappa shape index (κ2) is 9.87. The predicted molar refractivity (Wildman–Crippen MR) is 134 cm³/mol. The minimum Gasteiger partial charge on any atom is -0.493 e. The summed E-state index contributed by atoms with van der Waals surface area (Å²) in [6.07, 6.45) is 3.89. The van der Waals surface area contributed by atoms with Crippen LogP contribution in [0.1, 0.15) is 34.3 Å². The molecule has 8 heteroatoms. The number of benzene rings is 2. The highest BCUT2D eigenvalue weighted by atomic mass is 16.5. The second-order valence-electron chi connectivity index (χ2n) is 9.00. The van der Waals surface area contributed by atoms with Gasteiger partial charge in [-0.05, 0) is 55.7 Å². The van der Waals surface area contributed by atoms with E-state index < -0.39 is 0 Å². The van der Waals surface area contributed by atoms with Gasteiger partial charge in [0.15, 0.2) is 0 Å². The number of piperazine rings is 1. The Kier molecular flexibility index (Phi) is 6.51. The number of nitrogens with zero attached hydrogens (tertiary/aromatic N) is 3. The third-order valence-corrected chi connectivity index (χ3v) is 6.54. The third-order valence-electron chi connectivity index (χ3n) is 6.54. The number of hydrogen-bond acceptors (Lipinski definition) is 6. The van der Waals surface area contributed by atoms with Crippen LogP contribution >= 0.6 is 0 Å². The first kappa shape index (κ1) is 22.4. The highest BCUT2D eigenvalue weighted by molar-refractivity contribution is 6.08. The first-order chi connectivity index (χ1) is 16.6. The van der Waals surface area contributed by atoms with Gasteiger partial charge in [0.05, 0.1) is 30.7 Å². The summed E-state index contributed by atoms with van der Waals surface area (Å²) in [5.74, 6) is 1.69. The van der Waals surface area contributed by atoms with Gasteiger partial charge in [0.2, 0.25) is 0 Å². The SMILES string of the molecule is Cc1cc(C(=O)N2Cc3cnn(C)c3Nc3ccccc32)ccc1OCCCC1CNCCN1. The Morgan fingerprint density at radius 2 is 2.09 bits per heavy atom. The van der Waals surface area contributed by atoms with Gasteiger partial charge in [-0.1, -0.05) is 12.1 Å². The highest BCUT2D eigenvalue weighted by Gasteiger charge is 2.27. The van der Waals surface area contributed by atoms with Crippen molar-refractivity contribution in [2.75, 3.05) is 36.5 Å². The fourth-order valence-electron chi connectivity index (χ4n) is 4.67. The van der Waals surface area contributed by atoms with Gasteiger partial charge in [0.25, 0.3) is 5.91 Å². The number of carbonyl (C=O) groups is 1. The van der Waals surface area contributed by atoms with E-state index in [0.29, 0.717) is 24.8 Å². The van der Waals surface area contributed by atoms with E-state index in [1.807, 2.05) is 67.5 Å². The number of para-hydroxylation sites is 2. The van der Waals surface area contributed by atoms with Crippen molar-refractivity contribution < 1.29 is 9.53 Å². The number of hydrogen-bond donors (Lipinski definition) is 3. The molecule has 1 saturated heterocycles. The number of anilines is 3. The van der Waals surface area contributed by atoms with E-state index in [9.17, 15) is 4.79 Å². The van der Waals surface area contributed by atoms with Crippen molar-refractivity contribution in [2.45, 2.75) is 32.4 Å². The molecule has 0 bridgehead atoms. The average Bonchev–Trinajstić information content (AvgIpc) is 3.10. The van der Waals surface area contributed by atoms with Gasteiger partial charge >= 0.3 is 0 Å². The van der Waals surface area contributed by atoms with Crippen LogP contribution in [-0.4, -0.2) is 48.0 Å². The van der Waals surface area contributed by atoms with Crippen molar-refractivity contribution in [3.63, 3.8) is 0 Å². The monoisotopic (exact) mass is 460 g/mol. The number of aromatic nitrogens is 2. The van der Waals surface area contributed by atoms with E-state index in [2.05, 4.69) is 21.0 Å². The Hall–Kier alpha value is -3.36. The van der Waals surface area contributed by atoms with Gasteiger partial charge in [-0.25, -0.2) is 0 Å². The minimum atomic E-state index is -0.0449. The largest absolute Gasteiger partial charge is 0.493 e. The number of fused-ring (bicyclic) bond motifs is 2. The summed E-state index contributed by atoms with van der Waals surface area (Å²) in [6.45, 7) is 6.20. The molecule has 3 aromatic rings. The Balaban J connectivity index is 1.29. The Morgan fingerprint density at radius 1 is 1.21 bits per heavy atom. The number of nitrogens with one attached hydrogen (secondary N) is 3. The number of ether oxygens (including phenoxy) is 1. The lowest BCUT2D eigenvalue weighted by atomic mass is 10.1. The third kappa shape index (κ3) is 4.64. The van der Waals surface area contributed by atoms with E-state index >= 15 is 0 Å². The van der Waals surface area contributed by atoms with E-state index in [0.717, 1.165) is 66.5 Å². The first-order valence-electron chi connectivity index (χ1n) is 12.0. The zero-order valence-electron chi connectivity index (χ0n) is 19.8. The number of aryl methyl sites for hydroxylation is 2. The zero-order valence-corrected chi connectivity index (χ0v) is 19.8. The average molecular weight is 461 g/mol. The maximum atomic E-state index is 13.6. The topological polar surface area (TPSA) is 83.5 Å². The molecule has 8 nitrogen and oxygen atoms in total. The summed E-state index contributed by atoms with van der Waals surface area (Å²) in [4.78, 5) is 15.5. The van der Waals surface area contributed by atoms with E-state index in [4.69, 9.17) is 4.74 Å². The van der Waals surface area contributed by atoms with Crippen molar-refractivity contribution in [3.05, 3.63) is 65.4 Å². The van der Waals surface area contributed by atoms with Gasteiger partial charge in [0.1, 0.15) is 11.6 Å². The molecule has 3 N–H and O–H groups in total. The van der Waals surface area contributed by atoms with Crippen LogP contribution in [-0.2, 0) is 13.6 Å². The molecule has 34 heavy (non-hydrogen) atoms. The molecule has 3 heterocycles. The van der Waals surface area contributed by atoms with Crippen LogP contribution < -0.4 is 25.6 Å². The van der Waals surface area contributed by atoms with Crippen molar-refractivity contribution in [2.24, 2.45) is 7.05 Å². The molecule has 0 spiro atoms. The highest BCUT2D eigenvalue weighted by Crippen LogP contribution is 2.36. The predicted octanol–water partition coefficient (Wildman–Crippen LogP) is 3.35. The molecule has 0 saturated carbocycles. The number of amides is 1. The number of carbonyl (C=O) groups excluding carboxylic acids is 1. The summed E-state index contributed by atoms with van der Waals surface area (Å²) in [5, 5.41) is 14.7. The van der Waals surface area contributed by atoms with Gasteiger partial charge in [0, 0.05) is 43.9 Å². The minimum absolute atomic E-state index is 0.0449. The molecule has 1 unspecified atom stereocenters. The van der Waals surface area contributed by atoms with Crippen LogP contribution in [0.4, 0.5) is 17.2 Å². The molecule has 0 radical (unpaired) electrons. The van der Waals surface area contributed by atoms with Gasteiger partial charge < -0.3 is 25.6 Å². The summed E-state index contributed by atoms with van der Waals surface area (Å²) in [7, 11) is 1.90. The van der Waals surface area contributed by atoms with Crippen LogP contribution in [0.25, 0.3) is 0 Å². The lowest BCUT2D eigenvalue weighted by Crippen LogP contribution is -2.48. The smallest absolute Gasteiger partial charge is 0.258 e. The van der Waals surface area contributed by atoms with E-state index in [1.54, 1.807) is 4.68 Å². The summed E-state index contributed by atoms with van der Waals surface area (Å²) in [6, 6.07) is 14.1. The first-order valence-corrected chi connectivity index (χ1v) is 12.0. The fraction of sp³-hybridized carbons (Fsp3) is 0.385. The molecule has 1 atom stereocenters. The summed E-state index contributed by atoms with van der Waals surface area (Å²) in [5.41, 5.74) is 4.33. The molecule has 1 aromatic heterocycles. The summed E-state index contributed by atoms with van der Waals surface area (Å²) < 4.78 is 7.84. The number of rotatable bonds is 6. The maximum Gasteiger partial charge on any atom is 0.258 e. The second-order valence-corrected chi connectivity index (χ2v) is 9.00. The van der Waals surface area contributed by atoms with Crippen LogP contribution in [0.3, 0.4) is 0 Å². The van der Waals surface area contributed by atoms with Crippen LogP contribution in [0, 0.1) is 6.92 Å². The molecule has 5 rings (SSSR count). The van der Waals surface area contributed by atoms with Crippen LogP contribution in [0.2, 0.25) is 0 Å². The molecular formula is C26H32N6O2. The molecule has 178 valence electrons. The molecule has 2 aliphatic rings. The molecular weight excluding hydrogens is 428 g/mol. The standard InChI is InChI=1S/C26H32N6O2/c1-18-14-19(9-10-24(18)34-13-5-6-21-16-27-11-12-28-21)26(33)32-17-20-15-29-31(2)25(20)30-22-7-3-4-8-23(22)32/h3-4,7-10,14-15,21,27-28,30H,5-6,11-13,16-17H2,1-2H3. The fourth-order valence-corrected chi connectivity index (χ4v) is 4.67. The molecule has 1 amide bonds. The summed E-state index contributed by atoms with van der Waals surface area (Å²) >= 11 is 0. The zero-order chi connectivity index (χ0) is 23.5. The lowest BCUT2D eigenvalue weighted by Gasteiger charge is -2.24. The van der Waals surface area contributed by atoms with Crippen molar-refractivity contribution in [1.29, 1.82) is 0 Å².